The fraction of sp³-hybridized carbons (Fsp3) is 0.333. The average Bonchev–Trinajstić information content (AvgIpc) is 1.62. The number of hydrogen-bond donors (Lipinski definition) is 3. The van der Waals surface area contributed by atoms with E-state index in [0.29, 0.717) is 0 Å². The van der Waals surface area contributed by atoms with Gasteiger partial charge in [-0.1, -0.05) is 6.08 Å². The molecule has 8 heavy (non-hydrogen) atoms. The molecule has 5 N–H and O–H groups in total. The van der Waals surface area contributed by atoms with E-state index in [9.17, 15) is 4.57 Å². The van der Waals surface area contributed by atoms with E-state index >= 15 is 0 Å². The smallest absolute Gasteiger partial charge is 0.284 e. The zero-order valence-corrected chi connectivity index (χ0v) is 5.21. The third-order valence-corrected chi connectivity index (χ3v) is 1.73. The molecule has 0 aromatic rings. The van der Waals surface area contributed by atoms with Gasteiger partial charge in [-0.05, 0) is 0 Å². The normalized spacial score (nSPS) is 21.4. The molecule has 0 radical (unpaired) electrons. The summed E-state index contributed by atoms with van der Waals surface area (Å²) >= 11 is 0. The number of rotatable bonds is 2. The molecule has 0 saturated heterocycles. The Morgan fingerprint density at radius 2 is 2.25 bits per heavy atom. The highest BCUT2D eigenvalue weighted by Gasteiger charge is 2.17. The van der Waals surface area contributed by atoms with Crippen molar-refractivity contribution in [3.63, 3.8) is 0 Å². The predicted octanol–water partition coefficient (Wildman–Crippen LogP) is -0.399. The van der Waals surface area contributed by atoms with Gasteiger partial charge in [0.05, 0.1) is 0 Å². The minimum absolute atomic E-state index is 0.998. The van der Waals surface area contributed by atoms with E-state index in [1.165, 1.54) is 0 Å². The van der Waals surface area contributed by atoms with Gasteiger partial charge in [0.25, 0.3) is 7.52 Å². The lowest BCUT2D eigenvalue weighted by atomic mass is 10.7. The van der Waals surface area contributed by atoms with Gasteiger partial charge in [0.1, 0.15) is 5.78 Å². The Bertz CT molecular complexity index is 129. The highest BCUT2D eigenvalue weighted by molar-refractivity contribution is 7.56. The summed E-state index contributed by atoms with van der Waals surface area (Å²) < 4.78 is 10.3. The number of nitrogens with two attached hydrogens (primary N) is 2. The van der Waals surface area contributed by atoms with Crippen molar-refractivity contribution in [3.05, 3.63) is 12.7 Å². The standard InChI is InChI=1S/C3H9N2O2P/c1-2-3(4)8(5,6)7/h2-3H,1,4H2,(H3,5,6,7). The Morgan fingerprint density at radius 1 is 1.88 bits per heavy atom. The maximum absolute atomic E-state index is 10.3. The van der Waals surface area contributed by atoms with Crippen LogP contribution in [0.2, 0.25) is 0 Å². The summed E-state index contributed by atoms with van der Waals surface area (Å²) in [5, 5.41) is 0. The van der Waals surface area contributed by atoms with E-state index in [-0.39, 0.29) is 0 Å². The molecular weight excluding hydrogens is 127 g/mol. The molecule has 0 aliphatic rings. The fourth-order valence-electron chi connectivity index (χ4n) is 0.151. The Morgan fingerprint density at radius 3 is 2.25 bits per heavy atom. The highest BCUT2D eigenvalue weighted by Crippen LogP contribution is 2.33. The van der Waals surface area contributed by atoms with Crippen molar-refractivity contribution >= 4 is 7.52 Å². The average molecular weight is 136 g/mol. The van der Waals surface area contributed by atoms with Crippen LogP contribution in [-0.4, -0.2) is 10.7 Å². The summed E-state index contributed by atoms with van der Waals surface area (Å²) in [6, 6.07) is 0. The van der Waals surface area contributed by atoms with Gasteiger partial charge in [-0.2, -0.15) is 0 Å². The second-order valence-corrected chi connectivity index (χ2v) is 3.34. The summed E-state index contributed by atoms with van der Waals surface area (Å²) in [6.07, 6.45) is 1.14. The molecule has 0 aromatic carbocycles. The Hall–Kier alpha value is -0.150. The predicted molar refractivity (Wildman–Crippen MR) is 32.2 cm³/mol. The lowest BCUT2D eigenvalue weighted by molar-refractivity contribution is 0.472. The molecule has 0 aliphatic carbocycles. The maximum atomic E-state index is 10.3. The first-order chi connectivity index (χ1) is 3.48. The van der Waals surface area contributed by atoms with Crippen LogP contribution in [0.1, 0.15) is 0 Å². The first-order valence-electron chi connectivity index (χ1n) is 1.97. The van der Waals surface area contributed by atoms with Crippen LogP contribution in [0, 0.1) is 0 Å². The molecule has 0 aromatic heterocycles. The van der Waals surface area contributed by atoms with Crippen molar-refractivity contribution in [2.45, 2.75) is 5.78 Å². The third-order valence-electron chi connectivity index (χ3n) is 0.669. The van der Waals surface area contributed by atoms with E-state index in [1.807, 2.05) is 0 Å². The van der Waals surface area contributed by atoms with E-state index in [0.717, 1.165) is 6.08 Å². The van der Waals surface area contributed by atoms with Gasteiger partial charge in [0.2, 0.25) is 0 Å². The Kier molecular flexibility index (Phi) is 2.37. The molecule has 0 fully saturated rings. The van der Waals surface area contributed by atoms with Crippen LogP contribution >= 0.6 is 7.52 Å². The molecule has 0 spiro atoms. The maximum Gasteiger partial charge on any atom is 0.284 e. The fourth-order valence-corrected chi connectivity index (χ4v) is 0.453. The molecule has 5 heteroatoms. The van der Waals surface area contributed by atoms with E-state index in [2.05, 4.69) is 6.58 Å². The molecule has 0 amide bonds. The van der Waals surface area contributed by atoms with Gasteiger partial charge in [0.15, 0.2) is 0 Å². The van der Waals surface area contributed by atoms with Crippen molar-refractivity contribution in [2.24, 2.45) is 11.2 Å². The SMILES string of the molecule is C=CC(N)P(N)(=O)O. The van der Waals surface area contributed by atoms with Crippen LogP contribution in [-0.2, 0) is 4.57 Å². The van der Waals surface area contributed by atoms with Crippen molar-refractivity contribution in [1.82, 2.24) is 0 Å². The second-order valence-electron chi connectivity index (χ2n) is 1.40. The van der Waals surface area contributed by atoms with Gasteiger partial charge in [-0.25, -0.2) is 0 Å². The van der Waals surface area contributed by atoms with Crippen LogP contribution in [0.25, 0.3) is 0 Å². The topological polar surface area (TPSA) is 89.3 Å². The van der Waals surface area contributed by atoms with Gasteiger partial charge < -0.3 is 10.6 Å². The lowest BCUT2D eigenvalue weighted by Gasteiger charge is -2.07. The van der Waals surface area contributed by atoms with Crippen LogP contribution in [0.5, 0.6) is 0 Å². The molecule has 0 aliphatic heterocycles. The van der Waals surface area contributed by atoms with E-state index < -0.39 is 13.3 Å². The Labute approximate surface area is 47.7 Å². The van der Waals surface area contributed by atoms with Gasteiger partial charge >= 0.3 is 0 Å². The monoisotopic (exact) mass is 136 g/mol. The third kappa shape index (κ3) is 2.23. The molecule has 4 nitrogen and oxygen atoms in total. The molecule has 48 valence electrons. The van der Waals surface area contributed by atoms with Gasteiger partial charge in [-0.3, -0.25) is 10.1 Å². The van der Waals surface area contributed by atoms with Crippen molar-refractivity contribution in [1.29, 1.82) is 0 Å². The first-order valence-corrected chi connectivity index (χ1v) is 3.77. The van der Waals surface area contributed by atoms with E-state index in [4.69, 9.17) is 16.1 Å². The lowest BCUT2D eigenvalue weighted by Crippen LogP contribution is -2.20. The van der Waals surface area contributed by atoms with Crippen molar-refractivity contribution in [2.75, 3.05) is 0 Å². The summed E-state index contributed by atoms with van der Waals surface area (Å²) in [7, 11) is -3.60. The molecular formula is C3H9N2O2P. The van der Waals surface area contributed by atoms with Crippen LogP contribution in [0.4, 0.5) is 0 Å². The largest absolute Gasteiger partial charge is 0.332 e. The minimum atomic E-state index is -3.60. The highest BCUT2D eigenvalue weighted by atomic mass is 31.2. The zero-order chi connectivity index (χ0) is 6.78. The quantitative estimate of drug-likeness (QED) is 0.356. The van der Waals surface area contributed by atoms with Crippen LogP contribution in [0.3, 0.4) is 0 Å². The number of hydrogen-bond acceptors (Lipinski definition) is 2. The first kappa shape index (κ1) is 7.85. The van der Waals surface area contributed by atoms with Crippen LogP contribution < -0.4 is 11.2 Å². The van der Waals surface area contributed by atoms with Gasteiger partial charge in [-0.15, -0.1) is 6.58 Å². The summed E-state index contributed by atoms with van der Waals surface area (Å²) in [5.74, 6) is -0.998. The van der Waals surface area contributed by atoms with Crippen molar-refractivity contribution in [3.8, 4) is 0 Å². The van der Waals surface area contributed by atoms with E-state index in [1.54, 1.807) is 0 Å². The molecule has 2 atom stereocenters. The van der Waals surface area contributed by atoms with Crippen LogP contribution in [0.15, 0.2) is 12.7 Å². The summed E-state index contributed by atoms with van der Waals surface area (Å²) in [5.41, 5.74) is 9.70. The zero-order valence-electron chi connectivity index (χ0n) is 4.32. The summed E-state index contributed by atoms with van der Waals surface area (Å²) in [4.78, 5) is 8.42. The second kappa shape index (κ2) is 2.42. The molecule has 0 heterocycles. The minimum Gasteiger partial charge on any atom is -0.332 e. The summed E-state index contributed by atoms with van der Waals surface area (Å²) in [6.45, 7) is 3.19. The molecule has 2 unspecified atom stereocenters. The van der Waals surface area contributed by atoms with Crippen molar-refractivity contribution < 1.29 is 9.46 Å². The molecule has 0 rings (SSSR count). The molecule has 0 bridgehead atoms. The molecule has 0 saturated carbocycles. The Balaban J connectivity index is 4.02. The van der Waals surface area contributed by atoms with Gasteiger partial charge in [0, 0.05) is 0 Å².